The van der Waals surface area contributed by atoms with Crippen LogP contribution in [-0.2, 0) is 16.0 Å². The van der Waals surface area contributed by atoms with Crippen LogP contribution in [0.15, 0.2) is 48.5 Å². The molecule has 1 aromatic heterocycles. The Balaban J connectivity index is 1.92. The Kier molecular flexibility index (Phi) is 6.40. The molecule has 0 N–H and O–H groups in total. The van der Waals surface area contributed by atoms with Crippen LogP contribution in [-0.4, -0.2) is 22.5 Å². The maximum atomic E-state index is 14.2. The van der Waals surface area contributed by atoms with Gasteiger partial charge in [-0.25, -0.2) is 4.98 Å². The molecule has 1 heterocycles. The van der Waals surface area contributed by atoms with Crippen LogP contribution >= 0.6 is 22.9 Å². The van der Waals surface area contributed by atoms with E-state index < -0.39 is 16.4 Å². The third-order valence-electron chi connectivity index (χ3n) is 5.16. The molecule has 0 bridgehead atoms. The van der Waals surface area contributed by atoms with Crippen molar-refractivity contribution in [2.24, 2.45) is 0 Å². The molecule has 0 amide bonds. The number of esters is 1. The first-order valence-electron chi connectivity index (χ1n) is 10.1. The number of nitrogens with zero attached hydrogens (tertiary/aromatic N) is 2. The number of fused-ring (bicyclic) bond motifs is 1. The Morgan fingerprint density at radius 3 is 2.52 bits per heavy atom. The van der Waals surface area contributed by atoms with Crippen LogP contribution in [0.5, 0.6) is 0 Å². The molecule has 0 unspecified atom stereocenters. The molecule has 0 fully saturated rings. The number of thiazole rings is 1. The average molecular weight is 485 g/mol. The highest BCUT2D eigenvalue weighted by Gasteiger charge is 2.21. The van der Waals surface area contributed by atoms with Crippen molar-refractivity contribution in [3.05, 3.63) is 80.6 Å². The molecule has 6 nitrogen and oxygen atoms in total. The van der Waals surface area contributed by atoms with Crippen molar-refractivity contribution in [1.29, 1.82) is 0 Å². The minimum Gasteiger partial charge on any atom is -0.466 e. The molecule has 3 aromatic carbocycles. The third-order valence-corrected chi connectivity index (χ3v) is 6.55. The lowest BCUT2D eigenvalue weighted by molar-refractivity contribution is -0.387. The lowest BCUT2D eigenvalue weighted by Gasteiger charge is -2.14. The number of benzene rings is 3. The summed E-state index contributed by atoms with van der Waals surface area (Å²) in [5.41, 5.74) is 3.91. The lowest BCUT2D eigenvalue weighted by atomic mass is 9.93. The van der Waals surface area contributed by atoms with Gasteiger partial charge in [0.05, 0.1) is 28.2 Å². The SMILES string of the molecule is CCOC(=O)Cc1c(C)cc2nc(-c3ccc([N+](=O)[O-])c(F)c3)sc2c1-c1ccc(Cl)cc1. The van der Waals surface area contributed by atoms with E-state index in [0.29, 0.717) is 21.1 Å². The highest BCUT2D eigenvalue weighted by Crippen LogP contribution is 2.41. The predicted octanol–water partition coefficient (Wildman–Crippen LogP) is 6.75. The van der Waals surface area contributed by atoms with Gasteiger partial charge in [0, 0.05) is 22.2 Å². The second kappa shape index (κ2) is 9.25. The number of nitro benzene ring substituents is 1. The van der Waals surface area contributed by atoms with E-state index in [2.05, 4.69) is 4.98 Å². The summed E-state index contributed by atoms with van der Waals surface area (Å²) < 4.78 is 20.2. The molecule has 0 aliphatic heterocycles. The molecule has 0 saturated heterocycles. The van der Waals surface area contributed by atoms with Crippen LogP contribution in [0, 0.1) is 22.9 Å². The number of aromatic nitrogens is 1. The smallest absolute Gasteiger partial charge is 0.310 e. The fourth-order valence-electron chi connectivity index (χ4n) is 3.65. The number of halogens is 2. The maximum Gasteiger partial charge on any atom is 0.310 e. The highest BCUT2D eigenvalue weighted by atomic mass is 35.5. The van der Waals surface area contributed by atoms with Crippen molar-refractivity contribution >= 4 is 44.8 Å². The molecule has 0 aliphatic carbocycles. The predicted molar refractivity (Wildman–Crippen MR) is 127 cm³/mol. The zero-order valence-corrected chi connectivity index (χ0v) is 19.3. The first-order valence-corrected chi connectivity index (χ1v) is 11.3. The van der Waals surface area contributed by atoms with Crippen molar-refractivity contribution in [3.63, 3.8) is 0 Å². The topological polar surface area (TPSA) is 82.3 Å². The summed E-state index contributed by atoms with van der Waals surface area (Å²) in [6.07, 6.45) is 0.0902. The summed E-state index contributed by atoms with van der Waals surface area (Å²) in [5.74, 6) is -1.26. The highest BCUT2D eigenvalue weighted by molar-refractivity contribution is 7.22. The average Bonchev–Trinajstić information content (AvgIpc) is 3.18. The number of carbonyl (C=O) groups is 1. The number of aryl methyl sites for hydroxylation is 1. The van der Waals surface area contributed by atoms with Crippen LogP contribution in [0.3, 0.4) is 0 Å². The van der Waals surface area contributed by atoms with Crippen LogP contribution in [0.4, 0.5) is 10.1 Å². The van der Waals surface area contributed by atoms with Gasteiger partial charge in [0.15, 0.2) is 0 Å². The number of rotatable bonds is 6. The lowest BCUT2D eigenvalue weighted by Crippen LogP contribution is -2.09. The minimum atomic E-state index is -0.922. The molecule has 0 aliphatic rings. The van der Waals surface area contributed by atoms with E-state index in [1.165, 1.54) is 17.4 Å². The van der Waals surface area contributed by atoms with E-state index in [4.69, 9.17) is 16.3 Å². The standard InChI is InChI=1S/C24H18ClFN2O4S/c1-3-32-21(29)12-17-13(2)10-19-23(22(17)14-4-7-16(25)8-5-14)33-24(27-19)15-6-9-20(28(30)31)18(26)11-15/h4-11H,3,12H2,1-2H3. The van der Waals surface area contributed by atoms with E-state index in [9.17, 15) is 19.3 Å². The Labute approximate surface area is 197 Å². The van der Waals surface area contributed by atoms with Gasteiger partial charge in [-0.3, -0.25) is 14.9 Å². The molecule has 0 spiro atoms. The quantitative estimate of drug-likeness (QED) is 0.172. The van der Waals surface area contributed by atoms with Crippen LogP contribution in [0.1, 0.15) is 18.1 Å². The Morgan fingerprint density at radius 1 is 1.18 bits per heavy atom. The molecule has 0 saturated carbocycles. The van der Waals surface area contributed by atoms with Crippen molar-refractivity contribution in [1.82, 2.24) is 4.98 Å². The van der Waals surface area contributed by atoms with E-state index in [1.54, 1.807) is 19.1 Å². The largest absolute Gasteiger partial charge is 0.466 e. The van der Waals surface area contributed by atoms with Crippen LogP contribution in [0.25, 0.3) is 31.9 Å². The molecular formula is C24H18ClFN2O4S. The van der Waals surface area contributed by atoms with Gasteiger partial charge in [-0.05, 0) is 60.9 Å². The zero-order chi connectivity index (χ0) is 23.7. The number of carbonyl (C=O) groups excluding carboxylic acids is 1. The fourth-order valence-corrected chi connectivity index (χ4v) is 4.91. The van der Waals surface area contributed by atoms with Crippen molar-refractivity contribution in [3.8, 4) is 21.7 Å². The van der Waals surface area contributed by atoms with Gasteiger partial charge < -0.3 is 4.74 Å². The first kappa shape index (κ1) is 22.8. The molecule has 0 atom stereocenters. The monoisotopic (exact) mass is 484 g/mol. The fraction of sp³-hybridized carbons (Fsp3) is 0.167. The number of nitro groups is 1. The van der Waals surface area contributed by atoms with E-state index in [0.717, 1.165) is 39.1 Å². The Morgan fingerprint density at radius 2 is 1.88 bits per heavy atom. The van der Waals surface area contributed by atoms with Crippen LogP contribution in [0.2, 0.25) is 5.02 Å². The van der Waals surface area contributed by atoms with E-state index >= 15 is 0 Å². The second-order valence-electron chi connectivity index (χ2n) is 7.33. The van der Waals surface area contributed by atoms with E-state index in [1.807, 2.05) is 25.1 Å². The summed E-state index contributed by atoms with van der Waals surface area (Å²) in [6, 6.07) is 12.9. The molecule has 4 rings (SSSR count). The second-order valence-corrected chi connectivity index (χ2v) is 8.76. The van der Waals surface area contributed by atoms with Crippen molar-refractivity contribution in [2.45, 2.75) is 20.3 Å². The van der Waals surface area contributed by atoms with Crippen LogP contribution < -0.4 is 0 Å². The number of hydrogen-bond donors (Lipinski definition) is 0. The van der Waals surface area contributed by atoms with Gasteiger partial charge in [0.2, 0.25) is 5.82 Å². The first-order chi connectivity index (χ1) is 15.8. The molecular weight excluding hydrogens is 467 g/mol. The minimum absolute atomic E-state index is 0.0902. The normalized spacial score (nSPS) is 11.0. The summed E-state index contributed by atoms with van der Waals surface area (Å²) in [5, 5.41) is 12.1. The van der Waals surface area contributed by atoms with Gasteiger partial charge in [-0.1, -0.05) is 23.7 Å². The Hall–Kier alpha value is -3.36. The third kappa shape index (κ3) is 4.58. The number of ether oxygens (including phenoxy) is 1. The molecule has 0 radical (unpaired) electrons. The van der Waals surface area contributed by atoms with Crippen molar-refractivity contribution in [2.75, 3.05) is 6.61 Å². The van der Waals surface area contributed by atoms with Gasteiger partial charge in [-0.15, -0.1) is 11.3 Å². The van der Waals surface area contributed by atoms with E-state index in [-0.39, 0.29) is 19.0 Å². The molecule has 168 valence electrons. The number of hydrogen-bond acceptors (Lipinski definition) is 6. The van der Waals surface area contributed by atoms with Gasteiger partial charge >= 0.3 is 11.7 Å². The van der Waals surface area contributed by atoms with Gasteiger partial charge in [0.25, 0.3) is 0 Å². The van der Waals surface area contributed by atoms with Gasteiger partial charge in [0.1, 0.15) is 5.01 Å². The summed E-state index contributed by atoms with van der Waals surface area (Å²) >= 11 is 7.41. The molecule has 9 heteroatoms. The van der Waals surface area contributed by atoms with Gasteiger partial charge in [-0.2, -0.15) is 4.39 Å². The molecule has 4 aromatic rings. The maximum absolute atomic E-state index is 14.2. The van der Waals surface area contributed by atoms with Crippen molar-refractivity contribution < 1.29 is 18.8 Å². The molecule has 33 heavy (non-hydrogen) atoms. The summed E-state index contributed by atoms with van der Waals surface area (Å²) in [6.45, 7) is 3.94. The zero-order valence-electron chi connectivity index (χ0n) is 17.7. The summed E-state index contributed by atoms with van der Waals surface area (Å²) in [7, 11) is 0. The Bertz CT molecular complexity index is 1390. The summed E-state index contributed by atoms with van der Waals surface area (Å²) in [4.78, 5) is 27.2.